The molecule has 0 spiro atoms. The highest BCUT2D eigenvalue weighted by Gasteiger charge is 2.19. The van der Waals surface area contributed by atoms with Gasteiger partial charge in [0.2, 0.25) is 0 Å². The Morgan fingerprint density at radius 2 is 1.96 bits per heavy atom. The second-order valence-electron chi connectivity index (χ2n) is 7.12. The maximum Gasteiger partial charge on any atom is 0.193 e. The molecule has 0 saturated carbocycles. The van der Waals surface area contributed by atoms with Crippen LogP contribution < -0.4 is 5.32 Å². The van der Waals surface area contributed by atoms with Crippen LogP contribution in [0.4, 0.5) is 0 Å². The minimum atomic E-state index is -0.874. The Balaban J connectivity index is 0.00000364. The summed E-state index contributed by atoms with van der Waals surface area (Å²) in [6.07, 6.45) is 3.89. The smallest absolute Gasteiger partial charge is 0.193 e. The first-order valence-electron chi connectivity index (χ1n) is 8.70. The van der Waals surface area contributed by atoms with Crippen molar-refractivity contribution in [1.29, 1.82) is 0 Å². The highest BCUT2D eigenvalue weighted by atomic mass is 127. The van der Waals surface area contributed by atoms with Gasteiger partial charge in [-0.1, -0.05) is 18.2 Å². The summed E-state index contributed by atoms with van der Waals surface area (Å²) in [5.74, 6) is 1.38. The summed E-state index contributed by atoms with van der Waals surface area (Å²) >= 11 is 0. The van der Waals surface area contributed by atoms with E-state index in [2.05, 4.69) is 15.4 Å². The van der Waals surface area contributed by atoms with Gasteiger partial charge in [-0.25, -0.2) is 4.68 Å². The lowest BCUT2D eigenvalue weighted by Crippen LogP contribution is -2.41. The quantitative estimate of drug-likeness (QED) is 0.374. The molecule has 1 atom stereocenters. The summed E-state index contributed by atoms with van der Waals surface area (Å²) in [5, 5.41) is 7.71. The van der Waals surface area contributed by atoms with Crippen molar-refractivity contribution in [2.24, 2.45) is 4.99 Å². The highest BCUT2D eigenvalue weighted by molar-refractivity contribution is 14.0. The van der Waals surface area contributed by atoms with E-state index in [4.69, 9.17) is 0 Å². The molecule has 6 nitrogen and oxygen atoms in total. The van der Waals surface area contributed by atoms with Crippen LogP contribution in [0.5, 0.6) is 0 Å². The second-order valence-corrected chi connectivity index (χ2v) is 9.44. The van der Waals surface area contributed by atoms with Crippen LogP contribution in [0, 0.1) is 0 Å². The third-order valence-corrected chi connectivity index (χ3v) is 5.84. The normalized spacial score (nSPS) is 13.0. The lowest BCUT2D eigenvalue weighted by molar-refractivity contribution is 0.479. The fourth-order valence-electron chi connectivity index (χ4n) is 2.46. The predicted molar refractivity (Wildman–Crippen MR) is 125 cm³/mol. The third-order valence-electron chi connectivity index (χ3n) is 3.90. The maximum atomic E-state index is 12.1. The molecule has 2 rings (SSSR count). The summed E-state index contributed by atoms with van der Waals surface area (Å²) in [7, 11) is 2.86. The first kappa shape index (κ1) is 23.6. The van der Waals surface area contributed by atoms with Crippen LogP contribution in [0.1, 0.15) is 26.3 Å². The van der Waals surface area contributed by atoms with Gasteiger partial charge in [0.05, 0.1) is 11.9 Å². The number of nitrogens with one attached hydrogen (secondary N) is 1. The number of hydrogen-bond donors (Lipinski definition) is 1. The molecule has 2 aromatic rings. The molecule has 0 radical (unpaired) electrons. The molecule has 1 aromatic carbocycles. The molecular weight excluding hydrogens is 473 g/mol. The fourth-order valence-corrected chi connectivity index (χ4v) is 3.36. The minimum absolute atomic E-state index is 0. The van der Waals surface area contributed by atoms with E-state index >= 15 is 0 Å². The summed E-state index contributed by atoms with van der Waals surface area (Å²) in [5.41, 5.74) is 2.13. The van der Waals surface area contributed by atoms with E-state index in [1.54, 1.807) is 7.05 Å². The van der Waals surface area contributed by atoms with Crippen LogP contribution in [0.25, 0.3) is 5.69 Å². The summed E-state index contributed by atoms with van der Waals surface area (Å²) in [4.78, 5) is 6.35. The van der Waals surface area contributed by atoms with Crippen molar-refractivity contribution < 1.29 is 4.21 Å². The Kier molecular flexibility index (Phi) is 9.44. The molecule has 0 saturated heterocycles. The molecule has 0 fully saturated rings. The zero-order valence-corrected chi connectivity index (χ0v) is 19.8. The second kappa shape index (κ2) is 10.8. The van der Waals surface area contributed by atoms with E-state index in [1.807, 2.05) is 80.1 Å². The number of aromatic nitrogens is 2. The largest absolute Gasteiger partial charge is 0.355 e. The number of halogens is 1. The zero-order valence-electron chi connectivity index (χ0n) is 16.7. The first-order chi connectivity index (χ1) is 12.3. The standard InChI is InChI=1S/C19H29N5OS.HI/c1-19(2,3)26(25)12-11-21-18(20-4)23(5)14-16-13-22-24(15-16)17-9-7-6-8-10-17;/h6-10,13,15H,11-12,14H2,1-5H3,(H,20,21);1H. The van der Waals surface area contributed by atoms with Gasteiger partial charge in [0.15, 0.2) is 5.96 Å². The summed E-state index contributed by atoms with van der Waals surface area (Å²) in [6, 6.07) is 10.0. The van der Waals surface area contributed by atoms with Crippen LogP contribution >= 0.6 is 24.0 Å². The highest BCUT2D eigenvalue weighted by Crippen LogP contribution is 2.11. The Morgan fingerprint density at radius 1 is 1.30 bits per heavy atom. The van der Waals surface area contributed by atoms with Crippen LogP contribution in [-0.4, -0.2) is 56.0 Å². The Hall–Kier alpha value is -1.42. The van der Waals surface area contributed by atoms with E-state index in [-0.39, 0.29) is 28.7 Å². The Morgan fingerprint density at radius 3 is 2.56 bits per heavy atom. The van der Waals surface area contributed by atoms with Crippen LogP contribution in [0.15, 0.2) is 47.7 Å². The molecule has 1 N–H and O–H groups in total. The molecular formula is C19H30IN5OS. The van der Waals surface area contributed by atoms with E-state index < -0.39 is 10.8 Å². The number of guanidine groups is 1. The first-order valence-corrected chi connectivity index (χ1v) is 10.0. The molecule has 0 amide bonds. The van der Waals surface area contributed by atoms with Gasteiger partial charge in [0, 0.05) is 60.2 Å². The van der Waals surface area contributed by atoms with Crippen molar-refractivity contribution in [2.45, 2.75) is 32.1 Å². The number of nitrogens with zero attached hydrogens (tertiary/aromatic N) is 4. The van der Waals surface area contributed by atoms with Crippen molar-refractivity contribution in [1.82, 2.24) is 20.0 Å². The lowest BCUT2D eigenvalue weighted by Gasteiger charge is -2.22. The van der Waals surface area contributed by atoms with Gasteiger partial charge in [-0.3, -0.25) is 9.20 Å². The molecule has 0 aliphatic carbocycles. The van der Waals surface area contributed by atoms with E-state index in [9.17, 15) is 4.21 Å². The van der Waals surface area contributed by atoms with Gasteiger partial charge in [0.25, 0.3) is 0 Å². The van der Waals surface area contributed by atoms with E-state index in [1.165, 1.54) is 0 Å². The molecule has 1 aromatic heterocycles. The topological polar surface area (TPSA) is 62.5 Å². The van der Waals surface area contributed by atoms with Gasteiger partial charge >= 0.3 is 0 Å². The van der Waals surface area contributed by atoms with Crippen molar-refractivity contribution in [2.75, 3.05) is 26.4 Å². The summed E-state index contributed by atoms with van der Waals surface area (Å²) in [6.45, 7) is 7.30. The number of para-hydroxylation sites is 1. The van der Waals surface area contributed by atoms with Crippen LogP contribution in [0.3, 0.4) is 0 Å². The van der Waals surface area contributed by atoms with E-state index in [0.717, 1.165) is 17.2 Å². The molecule has 0 aliphatic heterocycles. The van der Waals surface area contributed by atoms with Crippen molar-refractivity contribution in [3.05, 3.63) is 48.3 Å². The zero-order chi connectivity index (χ0) is 19.2. The lowest BCUT2D eigenvalue weighted by atomic mass is 10.3. The molecule has 1 unspecified atom stereocenters. The third kappa shape index (κ3) is 7.25. The Bertz CT molecular complexity index is 755. The summed E-state index contributed by atoms with van der Waals surface area (Å²) < 4.78 is 13.8. The predicted octanol–water partition coefficient (Wildman–Crippen LogP) is 3.04. The molecule has 0 aliphatic rings. The number of aliphatic imine (C=N–C) groups is 1. The fraction of sp³-hybridized carbons (Fsp3) is 0.474. The molecule has 1 heterocycles. The van der Waals surface area contributed by atoms with E-state index in [0.29, 0.717) is 18.8 Å². The average Bonchev–Trinajstić information content (AvgIpc) is 3.06. The maximum absolute atomic E-state index is 12.1. The SMILES string of the molecule is CN=C(NCCS(=O)C(C)(C)C)N(C)Cc1cnn(-c2ccccc2)c1.I. The van der Waals surface area contributed by atoms with Crippen LogP contribution in [0.2, 0.25) is 0 Å². The van der Waals surface area contributed by atoms with Gasteiger partial charge in [-0.05, 0) is 32.9 Å². The Labute approximate surface area is 181 Å². The van der Waals surface area contributed by atoms with Crippen LogP contribution in [-0.2, 0) is 17.3 Å². The molecule has 150 valence electrons. The minimum Gasteiger partial charge on any atom is -0.355 e. The monoisotopic (exact) mass is 503 g/mol. The van der Waals surface area contributed by atoms with Gasteiger partial charge < -0.3 is 10.2 Å². The van der Waals surface area contributed by atoms with Crippen molar-refractivity contribution >= 4 is 40.7 Å². The number of hydrogen-bond acceptors (Lipinski definition) is 3. The molecule has 27 heavy (non-hydrogen) atoms. The van der Waals surface area contributed by atoms with Crippen molar-refractivity contribution in [3.63, 3.8) is 0 Å². The average molecular weight is 503 g/mol. The van der Waals surface area contributed by atoms with Gasteiger partial charge in [-0.15, -0.1) is 24.0 Å². The molecule has 8 heteroatoms. The molecule has 0 bridgehead atoms. The van der Waals surface area contributed by atoms with Gasteiger partial charge in [0.1, 0.15) is 0 Å². The van der Waals surface area contributed by atoms with Crippen molar-refractivity contribution in [3.8, 4) is 5.69 Å². The number of rotatable bonds is 6. The van der Waals surface area contributed by atoms with Gasteiger partial charge in [-0.2, -0.15) is 5.10 Å². The number of benzene rings is 1.